The van der Waals surface area contributed by atoms with Crippen molar-refractivity contribution in [3.8, 4) is 0 Å². The van der Waals surface area contributed by atoms with Crippen molar-refractivity contribution in [2.45, 2.75) is 92.8 Å². The molecule has 0 aromatic carbocycles. The fourth-order valence-corrected chi connectivity index (χ4v) is 5.93. The predicted molar refractivity (Wildman–Crippen MR) is 155 cm³/mol. The second-order valence-corrected chi connectivity index (χ2v) is 10.6. The largest absolute Gasteiger partial charge is 0.382 e. The van der Waals surface area contributed by atoms with E-state index < -0.39 is 85.8 Å². The van der Waals surface area contributed by atoms with Crippen LogP contribution in [0.1, 0.15) is 6.92 Å². The van der Waals surface area contributed by atoms with Crippen molar-refractivity contribution in [1.82, 2.24) is 0 Å². The molecule has 0 aromatic heterocycles. The lowest BCUT2D eigenvalue weighted by Gasteiger charge is -2.50. The fraction of sp³-hybridized carbons (Fsp3) is 1.00. The Bertz CT molecular complexity index is 750. The molecule has 0 aromatic rings. The van der Waals surface area contributed by atoms with Crippen LogP contribution in [0.2, 0.25) is 0 Å². The third kappa shape index (κ3) is 9.49. The highest BCUT2D eigenvalue weighted by Gasteiger charge is 2.54. The Kier molecular flexibility index (Phi) is 18.5. The first-order chi connectivity index (χ1) is 21.3. The Morgan fingerprint density at radius 3 is 1.41 bits per heavy atom. The second-order valence-electron chi connectivity index (χ2n) is 10.6. The van der Waals surface area contributed by atoms with Crippen LogP contribution in [0.25, 0.3) is 0 Å². The molecule has 0 N–H and O–H groups in total. The van der Waals surface area contributed by atoms with Crippen LogP contribution in [-0.4, -0.2) is 184 Å². The topological polar surface area (TPSA) is 138 Å². The summed E-state index contributed by atoms with van der Waals surface area (Å²) in [5.41, 5.74) is 0. The molecular formula is C29H56O15. The summed E-state index contributed by atoms with van der Waals surface area (Å²) in [7, 11) is 17.3. The van der Waals surface area contributed by atoms with E-state index in [0.717, 1.165) is 0 Å². The molecule has 15 heteroatoms. The van der Waals surface area contributed by atoms with Gasteiger partial charge in [-0.15, -0.1) is 0 Å². The summed E-state index contributed by atoms with van der Waals surface area (Å²) in [5, 5.41) is 0. The number of hydrogen-bond acceptors (Lipinski definition) is 15. The zero-order valence-electron chi connectivity index (χ0n) is 28.3. The number of methoxy groups -OCH3 is 11. The summed E-state index contributed by atoms with van der Waals surface area (Å²) in [5.74, 6) is 0. The minimum atomic E-state index is -1.05. The van der Waals surface area contributed by atoms with Gasteiger partial charge in [-0.3, -0.25) is 0 Å². The summed E-state index contributed by atoms with van der Waals surface area (Å²) in [6.45, 7) is 2.54. The molecule has 14 atom stereocenters. The van der Waals surface area contributed by atoms with E-state index in [2.05, 4.69) is 0 Å². The molecule has 0 saturated carbocycles. The Morgan fingerprint density at radius 2 is 1.00 bits per heavy atom. The highest BCUT2D eigenvalue weighted by molar-refractivity contribution is 4.97. The van der Waals surface area contributed by atoms with Crippen molar-refractivity contribution >= 4 is 0 Å². The van der Waals surface area contributed by atoms with E-state index in [1.54, 1.807) is 78.2 Å². The van der Waals surface area contributed by atoms with Gasteiger partial charge < -0.3 is 71.1 Å². The molecule has 2 rings (SSSR count). The van der Waals surface area contributed by atoms with Crippen LogP contribution in [-0.2, 0) is 71.1 Å². The minimum Gasteiger partial charge on any atom is -0.382 e. The molecule has 2 aliphatic rings. The lowest BCUT2D eigenvalue weighted by Crippen LogP contribution is -2.67. The van der Waals surface area contributed by atoms with Crippen molar-refractivity contribution < 1.29 is 71.1 Å². The summed E-state index contributed by atoms with van der Waals surface area (Å²) in [6.07, 6.45) is -9.35. The Hall–Kier alpha value is -0.600. The van der Waals surface area contributed by atoms with Gasteiger partial charge in [0.1, 0.15) is 67.1 Å². The number of ether oxygens (including phenoxy) is 15. The average molecular weight is 645 g/mol. The van der Waals surface area contributed by atoms with Gasteiger partial charge in [0.2, 0.25) is 0 Å². The molecule has 2 fully saturated rings. The van der Waals surface area contributed by atoms with Gasteiger partial charge in [-0.1, -0.05) is 0 Å². The zero-order chi connectivity index (χ0) is 32.8. The SMILES string of the molecule is COC[C@H]1O[C@H](O[C@H]2[C@H](O[C@@H]([C@@H](OC)[C@@H](COC)OC)[C@H](C)OC)O[C@H](COC)[C@@H](OC)[C@@H]2OC)[C@H](OC)[C@@H](OC)[C@H]1OC. The maximum absolute atomic E-state index is 6.72. The predicted octanol–water partition coefficient (Wildman–Crippen LogP) is 0.286. The molecule has 262 valence electrons. The second kappa shape index (κ2) is 20.6. The van der Waals surface area contributed by atoms with E-state index in [4.69, 9.17) is 71.1 Å². The number of hydrogen-bond donors (Lipinski definition) is 0. The molecule has 0 bridgehead atoms. The summed E-state index contributed by atoms with van der Waals surface area (Å²) in [4.78, 5) is 0. The zero-order valence-corrected chi connectivity index (χ0v) is 28.3. The van der Waals surface area contributed by atoms with Crippen molar-refractivity contribution in [2.24, 2.45) is 0 Å². The van der Waals surface area contributed by atoms with Gasteiger partial charge in [0.05, 0.1) is 25.9 Å². The summed E-state index contributed by atoms with van der Waals surface area (Å²) in [6, 6.07) is 0. The first-order valence-corrected chi connectivity index (χ1v) is 14.6. The minimum absolute atomic E-state index is 0.200. The molecule has 0 aliphatic carbocycles. The van der Waals surface area contributed by atoms with Crippen LogP contribution < -0.4 is 0 Å². The maximum atomic E-state index is 6.72. The Balaban J connectivity index is 2.57. The lowest BCUT2D eigenvalue weighted by atomic mass is 9.96. The van der Waals surface area contributed by atoms with Crippen molar-refractivity contribution in [3.05, 3.63) is 0 Å². The van der Waals surface area contributed by atoms with E-state index in [1.807, 2.05) is 6.92 Å². The first-order valence-electron chi connectivity index (χ1n) is 14.6. The molecule has 0 unspecified atom stereocenters. The standard InChI is InChI=1S/C29H56O15/c1-16(33-5)20(21(35-7)17(34-6)13-30-2)43-29-27(25(39-11)23(37-9)19(42-29)15-32-4)44-28-26(40-12)24(38-10)22(36-8)18(41-28)14-31-3/h16-29H,13-15H2,1-12H3/t16-,17+,18+,19+,20+,21-,22-,23+,24-,25-,26+,27+,28+,29-/m0/s1. The summed E-state index contributed by atoms with van der Waals surface area (Å²) >= 11 is 0. The van der Waals surface area contributed by atoms with Crippen molar-refractivity contribution in [2.75, 3.05) is 98.0 Å². The van der Waals surface area contributed by atoms with Crippen LogP contribution in [0.3, 0.4) is 0 Å². The normalized spacial score (nSPS) is 35.7. The number of rotatable bonds is 21. The molecule has 2 saturated heterocycles. The van der Waals surface area contributed by atoms with Crippen LogP contribution >= 0.6 is 0 Å². The van der Waals surface area contributed by atoms with Gasteiger partial charge >= 0.3 is 0 Å². The van der Waals surface area contributed by atoms with E-state index in [-0.39, 0.29) is 19.8 Å². The maximum Gasteiger partial charge on any atom is 0.187 e. The molecule has 0 spiro atoms. The van der Waals surface area contributed by atoms with E-state index in [9.17, 15) is 0 Å². The van der Waals surface area contributed by atoms with Gasteiger partial charge in [-0.25, -0.2) is 0 Å². The van der Waals surface area contributed by atoms with Crippen molar-refractivity contribution in [1.29, 1.82) is 0 Å². The van der Waals surface area contributed by atoms with Gasteiger partial charge in [0, 0.05) is 78.2 Å². The van der Waals surface area contributed by atoms with Crippen LogP contribution in [0, 0.1) is 0 Å². The van der Waals surface area contributed by atoms with Gasteiger partial charge in [-0.2, -0.15) is 0 Å². The van der Waals surface area contributed by atoms with E-state index in [0.29, 0.717) is 0 Å². The van der Waals surface area contributed by atoms with Crippen LogP contribution in [0.15, 0.2) is 0 Å². The smallest absolute Gasteiger partial charge is 0.187 e. The Morgan fingerprint density at radius 1 is 0.500 bits per heavy atom. The van der Waals surface area contributed by atoms with E-state index >= 15 is 0 Å². The first kappa shape index (κ1) is 39.6. The van der Waals surface area contributed by atoms with Crippen molar-refractivity contribution in [3.63, 3.8) is 0 Å². The Labute approximate surface area is 262 Å². The quantitative estimate of drug-likeness (QED) is 0.169. The van der Waals surface area contributed by atoms with Gasteiger partial charge in [0.15, 0.2) is 12.6 Å². The van der Waals surface area contributed by atoms with Crippen LogP contribution in [0.5, 0.6) is 0 Å². The fourth-order valence-electron chi connectivity index (χ4n) is 5.93. The molecule has 0 radical (unpaired) electrons. The van der Waals surface area contributed by atoms with E-state index in [1.165, 1.54) is 0 Å². The van der Waals surface area contributed by atoms with Gasteiger partial charge in [0.25, 0.3) is 0 Å². The van der Waals surface area contributed by atoms with Gasteiger partial charge in [-0.05, 0) is 6.92 Å². The molecule has 0 amide bonds. The average Bonchev–Trinajstić information content (AvgIpc) is 3.04. The molecule has 2 heterocycles. The monoisotopic (exact) mass is 644 g/mol. The molecule has 15 nitrogen and oxygen atoms in total. The third-order valence-corrected chi connectivity index (χ3v) is 8.22. The highest BCUT2D eigenvalue weighted by Crippen LogP contribution is 2.35. The lowest BCUT2D eigenvalue weighted by molar-refractivity contribution is -0.383. The summed E-state index contributed by atoms with van der Waals surface area (Å²) < 4.78 is 89.2. The molecule has 44 heavy (non-hydrogen) atoms. The molecule has 2 aliphatic heterocycles. The third-order valence-electron chi connectivity index (χ3n) is 8.22. The highest BCUT2D eigenvalue weighted by atomic mass is 16.8. The van der Waals surface area contributed by atoms with Crippen LogP contribution in [0.4, 0.5) is 0 Å². The molecular weight excluding hydrogens is 588 g/mol.